The van der Waals surface area contributed by atoms with E-state index in [1.807, 2.05) is 0 Å². The van der Waals surface area contributed by atoms with Gasteiger partial charge in [0, 0.05) is 0 Å². The maximum atomic E-state index is 12.3. The highest BCUT2D eigenvalue weighted by Gasteiger charge is 2.72. The number of rotatable bonds is 5. The highest BCUT2D eigenvalue weighted by atomic mass is 19.4. The van der Waals surface area contributed by atoms with Crippen LogP contribution in [-0.4, -0.2) is 31.1 Å². The first-order valence-corrected chi connectivity index (χ1v) is 3.37. The zero-order valence-electron chi connectivity index (χ0n) is 6.88. The van der Waals surface area contributed by atoms with Crippen LogP contribution in [0.4, 0.5) is 30.7 Å². The van der Waals surface area contributed by atoms with Crippen LogP contribution < -0.4 is 0 Å². The van der Waals surface area contributed by atoms with Crippen molar-refractivity contribution in [3.63, 3.8) is 0 Å². The fourth-order valence-electron chi connectivity index (χ4n) is 0.585. The van der Waals surface area contributed by atoms with E-state index in [0.717, 1.165) is 0 Å². The number of ether oxygens (including phenoxy) is 1. The second kappa shape index (κ2) is 4.23. The van der Waals surface area contributed by atoms with Gasteiger partial charge in [-0.25, -0.2) is 4.79 Å². The lowest BCUT2D eigenvalue weighted by Crippen LogP contribution is -2.52. The average molecular weight is 241 g/mol. The molecule has 0 bridgehead atoms. The summed E-state index contributed by atoms with van der Waals surface area (Å²) >= 11 is 0. The monoisotopic (exact) mass is 241 g/mol. The zero-order valence-corrected chi connectivity index (χ0v) is 6.88. The first-order chi connectivity index (χ1) is 6.56. The second-order valence-corrected chi connectivity index (χ2v) is 2.46. The molecule has 0 amide bonds. The smallest absolute Gasteiger partial charge is 0.457 e. The Balaban J connectivity index is 4.62. The van der Waals surface area contributed by atoms with Crippen molar-refractivity contribution in [3.8, 4) is 0 Å². The minimum Gasteiger partial charge on any atom is -0.457 e. The topological polar surface area (TPSA) is 26.3 Å². The third-order valence-corrected chi connectivity index (χ3v) is 1.39. The van der Waals surface area contributed by atoms with Gasteiger partial charge >= 0.3 is 24.5 Å². The molecule has 0 saturated carbocycles. The van der Waals surface area contributed by atoms with Crippen LogP contribution in [0, 0.1) is 0 Å². The van der Waals surface area contributed by atoms with Crippen LogP contribution in [0.15, 0.2) is 0 Å². The molecule has 0 spiro atoms. The van der Waals surface area contributed by atoms with Gasteiger partial charge in [0.15, 0.2) is 0 Å². The summed E-state index contributed by atoms with van der Waals surface area (Å²) in [7, 11) is 0. The summed E-state index contributed by atoms with van der Waals surface area (Å²) in [5.74, 6) is -11.5. The van der Waals surface area contributed by atoms with Crippen molar-refractivity contribution in [3.05, 3.63) is 0 Å². The standard InChI is InChI=1S/C6H4F7O2/c7-4(8,1-2-15-3-14)5(9,10)6(11,12)13/h1-2H2. The molecule has 0 unspecified atom stereocenters. The van der Waals surface area contributed by atoms with Crippen molar-refractivity contribution in [2.75, 3.05) is 6.61 Å². The quantitative estimate of drug-likeness (QED) is 0.545. The SMILES string of the molecule is O=[C]OCCC(F)(F)C(F)(F)C(F)(F)F. The molecule has 89 valence electrons. The fourth-order valence-corrected chi connectivity index (χ4v) is 0.585. The minimum absolute atomic E-state index is 0.621. The maximum Gasteiger partial charge on any atom is 0.459 e. The number of hydrogen-bond acceptors (Lipinski definition) is 2. The first-order valence-electron chi connectivity index (χ1n) is 3.37. The molecule has 0 aromatic carbocycles. The second-order valence-electron chi connectivity index (χ2n) is 2.46. The Bertz CT molecular complexity index is 222. The Morgan fingerprint density at radius 2 is 1.47 bits per heavy atom. The number of halogens is 7. The average Bonchev–Trinajstić information content (AvgIpc) is 2.02. The van der Waals surface area contributed by atoms with Crippen LogP contribution >= 0.6 is 0 Å². The van der Waals surface area contributed by atoms with Crippen molar-refractivity contribution in [2.45, 2.75) is 24.4 Å². The van der Waals surface area contributed by atoms with E-state index < -0.39 is 31.0 Å². The molecule has 0 fully saturated rings. The van der Waals surface area contributed by atoms with Crippen LogP contribution in [0.2, 0.25) is 0 Å². The van der Waals surface area contributed by atoms with Gasteiger partial charge in [0.2, 0.25) is 0 Å². The van der Waals surface area contributed by atoms with Crippen LogP contribution in [0.3, 0.4) is 0 Å². The molecule has 0 atom stereocenters. The van der Waals surface area contributed by atoms with E-state index >= 15 is 0 Å². The van der Waals surface area contributed by atoms with E-state index in [9.17, 15) is 35.5 Å². The summed E-state index contributed by atoms with van der Waals surface area (Å²) < 4.78 is 86.9. The van der Waals surface area contributed by atoms with Crippen molar-refractivity contribution < 1.29 is 40.3 Å². The Morgan fingerprint density at radius 3 is 1.80 bits per heavy atom. The van der Waals surface area contributed by atoms with Gasteiger partial charge in [0.25, 0.3) is 0 Å². The van der Waals surface area contributed by atoms with Crippen molar-refractivity contribution in [1.29, 1.82) is 0 Å². The van der Waals surface area contributed by atoms with Crippen molar-refractivity contribution >= 4 is 6.47 Å². The summed E-state index contributed by atoms with van der Waals surface area (Å²) in [6, 6.07) is 0. The van der Waals surface area contributed by atoms with E-state index in [2.05, 4.69) is 4.74 Å². The van der Waals surface area contributed by atoms with Crippen molar-refractivity contribution in [1.82, 2.24) is 0 Å². The number of alkyl halides is 7. The minimum atomic E-state index is -6.36. The number of hydrogen-bond donors (Lipinski definition) is 0. The first kappa shape index (κ1) is 14.0. The molecule has 2 nitrogen and oxygen atoms in total. The van der Waals surface area contributed by atoms with Gasteiger partial charge in [-0.2, -0.15) is 30.7 Å². The summed E-state index contributed by atoms with van der Waals surface area (Å²) in [6.45, 7) is -0.655. The predicted octanol–water partition coefficient (Wildman–Crippen LogP) is 2.29. The molecule has 0 aliphatic carbocycles. The Morgan fingerprint density at radius 1 is 1.00 bits per heavy atom. The van der Waals surface area contributed by atoms with Gasteiger partial charge < -0.3 is 4.74 Å². The van der Waals surface area contributed by atoms with E-state index in [-0.39, 0.29) is 0 Å². The zero-order chi connectivity index (χ0) is 12.3. The molecule has 0 aliphatic rings. The lowest BCUT2D eigenvalue weighted by atomic mass is 10.1. The maximum absolute atomic E-state index is 12.3. The molecular formula is C6H4F7O2. The third kappa shape index (κ3) is 2.96. The summed E-state index contributed by atoms with van der Waals surface area (Å²) in [5.41, 5.74) is 0. The molecule has 0 rings (SSSR count). The Hall–Kier alpha value is -1.02. The molecule has 15 heavy (non-hydrogen) atoms. The third-order valence-electron chi connectivity index (χ3n) is 1.39. The van der Waals surface area contributed by atoms with Gasteiger partial charge in [0.1, 0.15) is 0 Å². The largest absolute Gasteiger partial charge is 0.459 e. The van der Waals surface area contributed by atoms with E-state index in [1.165, 1.54) is 0 Å². The Labute approximate surface area is 79.0 Å². The van der Waals surface area contributed by atoms with Gasteiger partial charge in [-0.15, -0.1) is 0 Å². The fraction of sp³-hybridized carbons (Fsp3) is 0.833. The molecule has 0 N–H and O–H groups in total. The van der Waals surface area contributed by atoms with E-state index in [4.69, 9.17) is 0 Å². The highest BCUT2D eigenvalue weighted by Crippen LogP contribution is 2.47. The molecule has 1 radical (unpaired) electrons. The lowest BCUT2D eigenvalue weighted by Gasteiger charge is -2.27. The molecule has 0 heterocycles. The number of carbonyl (C=O) groups excluding carboxylic acids is 1. The van der Waals surface area contributed by atoms with Crippen LogP contribution in [0.25, 0.3) is 0 Å². The van der Waals surface area contributed by atoms with Crippen LogP contribution in [-0.2, 0) is 9.53 Å². The normalized spacial score (nSPS) is 13.8. The summed E-state index contributed by atoms with van der Waals surface area (Å²) in [6.07, 6.45) is -8.30. The summed E-state index contributed by atoms with van der Waals surface area (Å²) in [4.78, 5) is 9.34. The van der Waals surface area contributed by atoms with E-state index in [0.29, 0.717) is 6.47 Å². The molecule has 0 aromatic heterocycles. The van der Waals surface area contributed by atoms with Gasteiger partial charge in [-0.1, -0.05) is 0 Å². The van der Waals surface area contributed by atoms with Crippen molar-refractivity contribution in [2.24, 2.45) is 0 Å². The van der Waals surface area contributed by atoms with E-state index in [1.54, 1.807) is 0 Å². The molecule has 9 heteroatoms. The molecule has 0 aromatic rings. The molecular weight excluding hydrogens is 237 g/mol. The highest BCUT2D eigenvalue weighted by molar-refractivity contribution is 5.38. The molecule has 0 saturated heterocycles. The lowest BCUT2D eigenvalue weighted by molar-refractivity contribution is -0.356. The Kier molecular flexibility index (Phi) is 3.94. The molecule has 0 aliphatic heterocycles. The van der Waals surface area contributed by atoms with Gasteiger partial charge in [-0.3, -0.25) is 0 Å². The summed E-state index contributed by atoms with van der Waals surface area (Å²) in [5, 5.41) is 0. The predicted molar refractivity (Wildman–Crippen MR) is 32.2 cm³/mol. The van der Waals surface area contributed by atoms with Crippen LogP contribution in [0.1, 0.15) is 6.42 Å². The van der Waals surface area contributed by atoms with Gasteiger partial charge in [-0.05, 0) is 0 Å². The van der Waals surface area contributed by atoms with Crippen LogP contribution in [0.5, 0.6) is 0 Å². The van der Waals surface area contributed by atoms with Gasteiger partial charge in [0.05, 0.1) is 13.0 Å².